The molecule has 1 atom stereocenters. The van der Waals surface area contributed by atoms with E-state index in [2.05, 4.69) is 8.92 Å². The maximum atomic E-state index is 11.0. The third-order valence-corrected chi connectivity index (χ3v) is 2.98. The summed E-state index contributed by atoms with van der Waals surface area (Å²) in [5.41, 5.74) is 1.58. The van der Waals surface area contributed by atoms with Crippen molar-refractivity contribution in [1.29, 1.82) is 5.41 Å². The summed E-state index contributed by atoms with van der Waals surface area (Å²) >= 11 is -1.49. The van der Waals surface area contributed by atoms with Crippen LogP contribution in [0, 0.1) is 12.3 Å². The molecule has 0 aliphatic rings. The van der Waals surface area contributed by atoms with Gasteiger partial charge in [0.1, 0.15) is 5.04 Å². The molecular formula is C15H25NO4S. The van der Waals surface area contributed by atoms with E-state index in [0.717, 1.165) is 5.56 Å². The molecule has 21 heavy (non-hydrogen) atoms. The normalized spacial score (nSPS) is 10.2. The summed E-state index contributed by atoms with van der Waals surface area (Å²) in [6.07, 6.45) is 0. The van der Waals surface area contributed by atoms with E-state index in [9.17, 15) is 9.00 Å². The molecule has 1 unspecified atom stereocenters. The van der Waals surface area contributed by atoms with Gasteiger partial charge in [-0.3, -0.25) is 9.59 Å². The molecule has 0 heterocycles. The van der Waals surface area contributed by atoms with Crippen LogP contribution in [0.5, 0.6) is 0 Å². The summed E-state index contributed by atoms with van der Waals surface area (Å²) in [7, 11) is 1.38. The third-order valence-electron chi connectivity index (χ3n) is 2.03. The number of aryl methyl sites for hydroxylation is 1. The second kappa shape index (κ2) is 13.5. The number of nitrogens with one attached hydrogen (secondary N) is 1. The molecule has 0 saturated heterocycles. The molecule has 1 N–H and O–H groups in total. The molecule has 0 spiro atoms. The van der Waals surface area contributed by atoms with Gasteiger partial charge in [0.05, 0.1) is 19.3 Å². The zero-order valence-electron chi connectivity index (χ0n) is 13.6. The molecule has 6 heteroatoms. The first kappa shape index (κ1) is 21.8. The maximum Gasteiger partial charge on any atom is 0.338 e. The lowest BCUT2D eigenvalue weighted by atomic mass is 10.1. The van der Waals surface area contributed by atoms with Crippen molar-refractivity contribution >= 4 is 22.1 Å². The van der Waals surface area contributed by atoms with E-state index in [1.54, 1.807) is 13.0 Å². The number of methoxy groups -OCH3 is 1. The zero-order chi connectivity index (χ0) is 16.8. The van der Waals surface area contributed by atoms with Gasteiger partial charge < -0.3 is 4.74 Å². The van der Waals surface area contributed by atoms with Gasteiger partial charge in [0.25, 0.3) is 0 Å². The van der Waals surface area contributed by atoms with Crippen LogP contribution in [0.25, 0.3) is 0 Å². The summed E-state index contributed by atoms with van der Waals surface area (Å²) in [6.45, 7) is 9.46. The number of carbonyl (C=O) groups is 1. The zero-order valence-corrected chi connectivity index (χ0v) is 14.4. The Labute approximate surface area is 129 Å². The van der Waals surface area contributed by atoms with E-state index in [-0.39, 0.29) is 11.0 Å². The van der Waals surface area contributed by atoms with E-state index >= 15 is 0 Å². The fourth-order valence-corrected chi connectivity index (χ4v) is 1.50. The Morgan fingerprint density at radius 1 is 1.29 bits per heavy atom. The first-order valence-electron chi connectivity index (χ1n) is 6.68. The predicted molar refractivity (Wildman–Crippen MR) is 87.0 cm³/mol. The largest absolute Gasteiger partial charge is 0.465 e. The van der Waals surface area contributed by atoms with Crippen LogP contribution in [-0.2, 0) is 20.0 Å². The number of rotatable bonds is 3. The van der Waals surface area contributed by atoms with Crippen LogP contribution in [0.4, 0.5) is 0 Å². The Morgan fingerprint density at radius 3 is 2.14 bits per heavy atom. The molecule has 0 amide bonds. The number of carbonyl (C=O) groups excluding carboxylic acids is 1. The van der Waals surface area contributed by atoms with Gasteiger partial charge in [-0.25, -0.2) is 9.00 Å². The molecule has 1 rings (SSSR count). The number of benzene rings is 1. The van der Waals surface area contributed by atoms with E-state index in [4.69, 9.17) is 5.41 Å². The Kier molecular flexibility index (Phi) is 13.9. The summed E-state index contributed by atoms with van der Waals surface area (Å²) in [4.78, 5) is 11.0. The minimum Gasteiger partial charge on any atom is -0.465 e. The first-order valence-corrected chi connectivity index (χ1v) is 7.75. The van der Waals surface area contributed by atoms with E-state index in [1.807, 2.05) is 39.0 Å². The second-order valence-electron chi connectivity index (χ2n) is 3.50. The van der Waals surface area contributed by atoms with Crippen molar-refractivity contribution < 1.29 is 17.9 Å². The first-order chi connectivity index (χ1) is 9.93. The lowest BCUT2D eigenvalue weighted by molar-refractivity contribution is 0.0600. The van der Waals surface area contributed by atoms with Crippen LogP contribution in [0.2, 0.25) is 0 Å². The Balaban J connectivity index is 0. The van der Waals surface area contributed by atoms with Gasteiger partial charge in [0.2, 0.25) is 11.1 Å². The van der Waals surface area contributed by atoms with Crippen molar-refractivity contribution in [3.8, 4) is 0 Å². The van der Waals surface area contributed by atoms with E-state index < -0.39 is 11.1 Å². The molecule has 1 aromatic rings. The summed E-state index contributed by atoms with van der Waals surface area (Å²) in [6, 6.07) is 7.34. The molecule has 0 radical (unpaired) electrons. The van der Waals surface area contributed by atoms with E-state index in [0.29, 0.717) is 12.2 Å². The lowest BCUT2D eigenvalue weighted by Crippen LogP contribution is -2.04. The summed E-state index contributed by atoms with van der Waals surface area (Å²) in [5, 5.41) is 6.84. The smallest absolute Gasteiger partial charge is 0.338 e. The molecule has 1 aromatic carbocycles. The SMILES string of the molecule is CC.CCOS(=O)C(C)=N.COC(=O)c1ccccc1C. The number of esters is 1. The fraction of sp³-hybridized carbons (Fsp3) is 0.467. The van der Waals surface area contributed by atoms with Gasteiger partial charge >= 0.3 is 5.97 Å². The van der Waals surface area contributed by atoms with Gasteiger partial charge in [-0.05, 0) is 32.4 Å². The average Bonchev–Trinajstić information content (AvgIpc) is 2.50. The Morgan fingerprint density at radius 2 is 1.81 bits per heavy atom. The Hall–Kier alpha value is -1.53. The van der Waals surface area contributed by atoms with Crippen LogP contribution in [-0.4, -0.2) is 28.9 Å². The van der Waals surface area contributed by atoms with Crippen LogP contribution in [0.1, 0.15) is 43.6 Å². The fourth-order valence-electron chi connectivity index (χ4n) is 1.11. The maximum absolute atomic E-state index is 11.0. The topological polar surface area (TPSA) is 76.5 Å². The van der Waals surface area contributed by atoms with Gasteiger partial charge in [0.15, 0.2) is 0 Å². The molecule has 0 aromatic heterocycles. The van der Waals surface area contributed by atoms with E-state index in [1.165, 1.54) is 14.0 Å². The van der Waals surface area contributed by atoms with Gasteiger partial charge in [-0.15, -0.1) is 0 Å². The number of ether oxygens (including phenoxy) is 1. The second-order valence-corrected chi connectivity index (χ2v) is 4.82. The highest BCUT2D eigenvalue weighted by atomic mass is 32.2. The number of hydrogen-bond acceptors (Lipinski definition) is 5. The molecule has 0 aliphatic heterocycles. The molecule has 5 nitrogen and oxygen atoms in total. The standard InChI is InChI=1S/C9H10O2.C4H9NO2S.C2H6/c1-7-5-3-4-6-8(7)9(10)11-2;1-3-7-8(6)4(2)5;1-2/h3-6H,1-2H3;5H,3H2,1-2H3;1-2H3. The minimum atomic E-state index is -1.49. The third kappa shape index (κ3) is 9.92. The summed E-state index contributed by atoms with van der Waals surface area (Å²) in [5.74, 6) is -0.275. The minimum absolute atomic E-state index is 0.0619. The monoisotopic (exact) mass is 315 g/mol. The van der Waals surface area contributed by atoms with Gasteiger partial charge in [0, 0.05) is 0 Å². The molecule has 0 saturated carbocycles. The molecular weight excluding hydrogens is 290 g/mol. The van der Waals surface area contributed by atoms with Crippen molar-refractivity contribution in [3.63, 3.8) is 0 Å². The lowest BCUT2D eigenvalue weighted by Gasteiger charge is -2.00. The van der Waals surface area contributed by atoms with Crippen molar-refractivity contribution in [2.24, 2.45) is 0 Å². The van der Waals surface area contributed by atoms with Crippen molar-refractivity contribution in [2.75, 3.05) is 13.7 Å². The summed E-state index contributed by atoms with van der Waals surface area (Å²) < 4.78 is 19.5. The molecule has 0 bridgehead atoms. The van der Waals surface area contributed by atoms with Gasteiger partial charge in [-0.1, -0.05) is 32.0 Å². The predicted octanol–water partition coefficient (Wildman–Crippen LogP) is 3.49. The molecule has 0 fully saturated rings. The van der Waals surface area contributed by atoms with Crippen LogP contribution >= 0.6 is 0 Å². The van der Waals surface area contributed by atoms with Crippen molar-refractivity contribution in [1.82, 2.24) is 0 Å². The highest BCUT2D eigenvalue weighted by Crippen LogP contribution is 2.07. The van der Waals surface area contributed by atoms with Crippen LogP contribution in [0.3, 0.4) is 0 Å². The molecule has 120 valence electrons. The van der Waals surface area contributed by atoms with Crippen molar-refractivity contribution in [3.05, 3.63) is 35.4 Å². The highest BCUT2D eigenvalue weighted by molar-refractivity contribution is 7.96. The quantitative estimate of drug-likeness (QED) is 0.526. The molecule has 0 aliphatic carbocycles. The van der Waals surface area contributed by atoms with Crippen LogP contribution < -0.4 is 0 Å². The Bertz CT molecular complexity index is 461. The van der Waals surface area contributed by atoms with Gasteiger partial charge in [-0.2, -0.15) is 0 Å². The number of hydrogen-bond donors (Lipinski definition) is 1. The van der Waals surface area contributed by atoms with Crippen LogP contribution in [0.15, 0.2) is 24.3 Å². The average molecular weight is 315 g/mol. The highest BCUT2D eigenvalue weighted by Gasteiger charge is 2.05. The van der Waals surface area contributed by atoms with Crippen molar-refractivity contribution in [2.45, 2.75) is 34.6 Å².